The summed E-state index contributed by atoms with van der Waals surface area (Å²) in [6, 6.07) is 1.70. The third-order valence-electron chi connectivity index (χ3n) is 0.315. The average Bonchev–Trinajstić information content (AvgIpc) is 1.65. The number of nitrogens with zero attached hydrogens (tertiary/aromatic N) is 1. The van der Waals surface area contributed by atoms with Gasteiger partial charge in [0.2, 0.25) is 0 Å². The van der Waals surface area contributed by atoms with E-state index in [1.54, 1.807) is 6.07 Å². The number of hydrogen-bond donors (Lipinski definition) is 0. The van der Waals surface area contributed by atoms with Crippen molar-refractivity contribution in [1.82, 2.24) is 0 Å². The van der Waals surface area contributed by atoms with Gasteiger partial charge in [0.25, 0.3) is 0 Å². The summed E-state index contributed by atoms with van der Waals surface area (Å²) < 4.78 is 11.1. The predicted octanol–water partition coefficient (Wildman–Crippen LogP) is 1.52. The van der Waals surface area contributed by atoms with Gasteiger partial charge < -0.3 is 0 Å². The first-order chi connectivity index (χ1) is 2.81. The molecule has 0 amide bonds. The minimum absolute atomic E-state index is 0.0637. The molecule has 0 fully saturated rings. The molecule has 0 aliphatic heterocycles. The first-order valence-electron chi connectivity index (χ1n) is 1.48. The van der Waals surface area contributed by atoms with Crippen molar-refractivity contribution in [2.24, 2.45) is 0 Å². The molecule has 0 bridgehead atoms. The summed E-state index contributed by atoms with van der Waals surface area (Å²) in [5.41, 5.74) is 0. The van der Waals surface area contributed by atoms with E-state index in [9.17, 15) is 3.89 Å². The molecule has 0 aliphatic carbocycles. The lowest BCUT2D eigenvalue weighted by Gasteiger charge is -1.82. The second-order valence-corrected chi connectivity index (χ2v) is 1.75. The number of hydrogen-bond acceptors (Lipinski definition) is 2. The van der Waals surface area contributed by atoms with E-state index in [1.165, 1.54) is 6.92 Å². The van der Waals surface area contributed by atoms with Gasteiger partial charge in [-0.05, 0) is 6.92 Å². The lowest BCUT2D eigenvalue weighted by molar-refractivity contribution is 0.923. The Bertz CT molecular complexity index is 67.7. The normalized spacial score (nSPS) is 12.8. The maximum atomic E-state index is 11.1. The lowest BCUT2D eigenvalue weighted by atomic mass is 10.5. The number of rotatable bonds is 1. The van der Waals surface area contributed by atoms with E-state index in [-0.39, 0.29) is 12.1 Å². The van der Waals surface area contributed by atoms with Crippen molar-refractivity contribution in [2.45, 2.75) is 12.2 Å². The molecule has 0 saturated heterocycles. The second-order valence-electron chi connectivity index (χ2n) is 0.860. The SMILES string of the molecule is CC(C#N)SF. The third-order valence-corrected chi connectivity index (χ3v) is 0.688. The molecule has 6 heavy (non-hydrogen) atoms. The monoisotopic (exact) mass is 105 g/mol. The van der Waals surface area contributed by atoms with Crippen LogP contribution in [-0.4, -0.2) is 5.25 Å². The summed E-state index contributed by atoms with van der Waals surface area (Å²) in [6.07, 6.45) is 0. The molecule has 1 nitrogen and oxygen atoms in total. The highest BCUT2D eigenvalue weighted by Crippen LogP contribution is 2.07. The summed E-state index contributed by atoms with van der Waals surface area (Å²) in [4.78, 5) is 0. The van der Waals surface area contributed by atoms with E-state index in [4.69, 9.17) is 5.26 Å². The van der Waals surface area contributed by atoms with Gasteiger partial charge in [0.1, 0.15) is 5.25 Å². The maximum absolute atomic E-state index is 11.1. The first-order valence-corrected chi connectivity index (χ1v) is 2.26. The van der Waals surface area contributed by atoms with Crippen LogP contribution in [0.25, 0.3) is 0 Å². The molecule has 1 unspecified atom stereocenters. The van der Waals surface area contributed by atoms with Crippen LogP contribution in [0.2, 0.25) is 0 Å². The molecule has 0 aromatic rings. The fraction of sp³-hybridized carbons (Fsp3) is 0.667. The molecule has 34 valence electrons. The summed E-state index contributed by atoms with van der Waals surface area (Å²) in [7, 11) is 0. The van der Waals surface area contributed by atoms with Crippen molar-refractivity contribution in [3.63, 3.8) is 0 Å². The minimum atomic E-state index is -0.509. The zero-order valence-corrected chi connectivity index (χ0v) is 4.13. The fourth-order valence-corrected chi connectivity index (χ4v) is 0.0598. The van der Waals surface area contributed by atoms with Crippen molar-refractivity contribution >= 4 is 12.1 Å². The van der Waals surface area contributed by atoms with E-state index >= 15 is 0 Å². The van der Waals surface area contributed by atoms with Gasteiger partial charge in [0.05, 0.1) is 18.2 Å². The highest BCUT2D eigenvalue weighted by molar-refractivity contribution is 7.95. The minimum Gasteiger partial charge on any atom is -0.197 e. The summed E-state index contributed by atoms with van der Waals surface area (Å²) in [5, 5.41) is 7.31. The van der Waals surface area contributed by atoms with E-state index in [1.807, 2.05) is 0 Å². The Kier molecular flexibility index (Phi) is 2.87. The highest BCUT2D eigenvalue weighted by atomic mass is 32.2. The number of halogens is 1. The Morgan fingerprint density at radius 3 is 2.50 bits per heavy atom. The Morgan fingerprint density at radius 1 is 2.00 bits per heavy atom. The van der Waals surface area contributed by atoms with Crippen LogP contribution in [0.15, 0.2) is 0 Å². The quantitative estimate of drug-likeness (QED) is 0.504. The van der Waals surface area contributed by atoms with Gasteiger partial charge in [-0.25, -0.2) is 0 Å². The Morgan fingerprint density at radius 2 is 2.50 bits per heavy atom. The van der Waals surface area contributed by atoms with Crippen molar-refractivity contribution < 1.29 is 3.89 Å². The average molecular weight is 105 g/mol. The van der Waals surface area contributed by atoms with Gasteiger partial charge in [-0.2, -0.15) is 9.15 Å². The molecule has 0 spiro atoms. The second kappa shape index (κ2) is 2.98. The fourth-order valence-electron chi connectivity index (χ4n) is 0.0199. The van der Waals surface area contributed by atoms with Gasteiger partial charge in [-0.1, -0.05) is 0 Å². The Balaban J connectivity index is 3.04. The van der Waals surface area contributed by atoms with Crippen molar-refractivity contribution in [3.8, 4) is 6.07 Å². The predicted molar refractivity (Wildman–Crippen MR) is 23.8 cm³/mol. The van der Waals surface area contributed by atoms with Crippen LogP contribution in [-0.2, 0) is 0 Å². The van der Waals surface area contributed by atoms with Crippen molar-refractivity contribution in [1.29, 1.82) is 5.26 Å². The Hall–Kier alpha value is -0.230. The molecule has 0 aromatic carbocycles. The summed E-state index contributed by atoms with van der Waals surface area (Å²) in [5.74, 6) is 0. The molecule has 0 aliphatic rings. The maximum Gasteiger partial charge on any atom is 0.120 e. The summed E-state index contributed by atoms with van der Waals surface area (Å²) in [6.45, 7) is 1.50. The summed E-state index contributed by atoms with van der Waals surface area (Å²) >= 11 is 0.0637. The molecule has 0 heterocycles. The van der Waals surface area contributed by atoms with Gasteiger partial charge in [0, 0.05) is 0 Å². The van der Waals surface area contributed by atoms with Crippen LogP contribution < -0.4 is 0 Å². The molecule has 0 N–H and O–H groups in total. The van der Waals surface area contributed by atoms with Gasteiger partial charge in [-0.15, -0.1) is 0 Å². The molecule has 0 radical (unpaired) electrons. The van der Waals surface area contributed by atoms with Gasteiger partial charge in [0.15, 0.2) is 0 Å². The molecule has 0 aromatic heterocycles. The van der Waals surface area contributed by atoms with Crippen LogP contribution >= 0.6 is 12.1 Å². The van der Waals surface area contributed by atoms with Crippen LogP contribution in [0, 0.1) is 11.3 Å². The van der Waals surface area contributed by atoms with E-state index in [0.29, 0.717) is 0 Å². The zero-order valence-electron chi connectivity index (χ0n) is 3.31. The number of nitriles is 1. The van der Waals surface area contributed by atoms with Gasteiger partial charge in [-0.3, -0.25) is 0 Å². The Labute approximate surface area is 40.4 Å². The standard InChI is InChI=1S/C3H4FNS/c1-3(2-5)6-4/h3H,1H3. The largest absolute Gasteiger partial charge is 0.197 e. The van der Waals surface area contributed by atoms with Crippen LogP contribution in [0.5, 0.6) is 0 Å². The smallest absolute Gasteiger partial charge is 0.120 e. The van der Waals surface area contributed by atoms with E-state index in [0.717, 1.165) is 0 Å². The van der Waals surface area contributed by atoms with Gasteiger partial charge >= 0.3 is 0 Å². The van der Waals surface area contributed by atoms with E-state index < -0.39 is 5.25 Å². The topological polar surface area (TPSA) is 23.8 Å². The van der Waals surface area contributed by atoms with Crippen molar-refractivity contribution in [3.05, 3.63) is 0 Å². The first kappa shape index (κ1) is 5.77. The van der Waals surface area contributed by atoms with Crippen LogP contribution in [0.3, 0.4) is 0 Å². The molecule has 0 rings (SSSR count). The highest BCUT2D eigenvalue weighted by Gasteiger charge is 1.94. The zero-order chi connectivity index (χ0) is 4.99. The van der Waals surface area contributed by atoms with Crippen LogP contribution in [0.1, 0.15) is 6.92 Å². The molecule has 0 saturated carbocycles. The third kappa shape index (κ3) is 2.04. The molecule has 3 heteroatoms. The van der Waals surface area contributed by atoms with Crippen molar-refractivity contribution in [2.75, 3.05) is 0 Å². The molecular weight excluding hydrogens is 101 g/mol. The molecule has 1 atom stereocenters. The lowest BCUT2D eigenvalue weighted by Crippen LogP contribution is -1.82. The van der Waals surface area contributed by atoms with E-state index in [2.05, 4.69) is 0 Å². The molecular formula is C3H4FNS. The van der Waals surface area contributed by atoms with Crippen LogP contribution in [0.4, 0.5) is 3.89 Å².